The average molecular weight is 452 g/mol. The van der Waals surface area contributed by atoms with Gasteiger partial charge in [0.1, 0.15) is 29.1 Å². The van der Waals surface area contributed by atoms with Crippen molar-refractivity contribution in [3.63, 3.8) is 0 Å². The third-order valence-corrected chi connectivity index (χ3v) is 5.19. The van der Waals surface area contributed by atoms with Gasteiger partial charge in [0, 0.05) is 41.3 Å². The molecule has 3 aromatic rings. The van der Waals surface area contributed by atoms with Crippen molar-refractivity contribution in [1.82, 2.24) is 0 Å². The number of phenols is 6. The smallest absolute Gasteiger partial charge is 0.331 e. The summed E-state index contributed by atoms with van der Waals surface area (Å²) < 4.78 is 11.4. The number of phenolic OH excluding ortho intramolecular Hbond substituents is 6. The fraction of sp³-hybridized carbons (Fsp3) is 0.125. The third-order valence-electron chi connectivity index (χ3n) is 5.19. The maximum atomic E-state index is 12.5. The Labute approximate surface area is 187 Å². The lowest BCUT2D eigenvalue weighted by atomic mass is 9.93. The Hall–Kier alpha value is -4.53. The molecule has 0 bridgehead atoms. The molecule has 9 nitrogen and oxygen atoms in total. The highest BCUT2D eigenvalue weighted by Gasteiger charge is 2.36. The molecule has 170 valence electrons. The summed E-state index contributed by atoms with van der Waals surface area (Å²) in [5.41, 5.74) is 0.871. The Morgan fingerprint density at radius 1 is 0.909 bits per heavy atom. The molecule has 0 radical (unpaired) electrons. The zero-order valence-electron chi connectivity index (χ0n) is 17.0. The monoisotopic (exact) mass is 452 g/mol. The molecule has 1 aliphatic heterocycles. The summed E-state index contributed by atoms with van der Waals surface area (Å²) in [7, 11) is 0. The van der Waals surface area contributed by atoms with Crippen LogP contribution in [0, 0.1) is 0 Å². The zero-order valence-corrected chi connectivity index (χ0v) is 17.0. The van der Waals surface area contributed by atoms with Crippen LogP contribution in [0.4, 0.5) is 0 Å². The second kappa shape index (κ2) is 8.54. The van der Waals surface area contributed by atoms with Crippen LogP contribution in [-0.4, -0.2) is 42.7 Å². The number of fused-ring (bicyclic) bond motifs is 1. The molecule has 6 N–H and O–H groups in total. The summed E-state index contributed by atoms with van der Waals surface area (Å²) >= 11 is 0. The molecule has 3 aromatic carbocycles. The maximum Gasteiger partial charge on any atom is 0.331 e. The number of ether oxygens (including phenoxy) is 2. The lowest BCUT2D eigenvalue weighted by Crippen LogP contribution is -2.34. The summed E-state index contributed by atoms with van der Waals surface area (Å²) in [5.74, 6) is -3.11. The normalized spacial score (nSPS) is 17.3. The Bertz CT molecular complexity index is 1230. The molecular weight excluding hydrogens is 432 g/mol. The molecule has 0 unspecified atom stereocenters. The number of benzene rings is 3. The minimum Gasteiger partial charge on any atom is -0.508 e. The van der Waals surface area contributed by atoms with E-state index in [2.05, 4.69) is 0 Å². The van der Waals surface area contributed by atoms with Gasteiger partial charge in [0.15, 0.2) is 23.4 Å². The fourth-order valence-corrected chi connectivity index (χ4v) is 3.60. The van der Waals surface area contributed by atoms with E-state index in [1.165, 1.54) is 18.2 Å². The third kappa shape index (κ3) is 4.42. The van der Waals surface area contributed by atoms with E-state index >= 15 is 0 Å². The zero-order chi connectivity index (χ0) is 23.7. The van der Waals surface area contributed by atoms with Crippen LogP contribution in [0.3, 0.4) is 0 Å². The van der Waals surface area contributed by atoms with Crippen LogP contribution >= 0.6 is 0 Å². The first-order valence-electron chi connectivity index (χ1n) is 9.86. The molecule has 9 heteroatoms. The molecule has 33 heavy (non-hydrogen) atoms. The van der Waals surface area contributed by atoms with Gasteiger partial charge in [-0.2, -0.15) is 0 Å². The van der Waals surface area contributed by atoms with E-state index in [0.29, 0.717) is 11.1 Å². The largest absolute Gasteiger partial charge is 0.508 e. The number of aromatic hydroxyl groups is 6. The van der Waals surface area contributed by atoms with Crippen molar-refractivity contribution in [3.8, 4) is 40.2 Å². The highest BCUT2D eigenvalue weighted by molar-refractivity contribution is 5.87. The Kier molecular flexibility index (Phi) is 5.61. The lowest BCUT2D eigenvalue weighted by molar-refractivity contribution is -0.149. The number of carbonyl (C=O) groups excluding carboxylic acids is 1. The predicted octanol–water partition coefficient (Wildman–Crippen LogP) is 3.22. The minimum absolute atomic E-state index is 0.00925. The van der Waals surface area contributed by atoms with E-state index in [1.807, 2.05) is 0 Å². The van der Waals surface area contributed by atoms with Crippen LogP contribution in [0.15, 0.2) is 54.6 Å². The first kappa shape index (κ1) is 21.7. The number of para-hydroxylation sites is 1. The van der Waals surface area contributed by atoms with Crippen molar-refractivity contribution in [1.29, 1.82) is 0 Å². The Balaban J connectivity index is 1.67. The summed E-state index contributed by atoms with van der Waals surface area (Å²) in [4.78, 5) is 12.5. The molecule has 4 rings (SSSR count). The van der Waals surface area contributed by atoms with Crippen LogP contribution < -0.4 is 4.74 Å². The molecular formula is C24H20O9. The lowest BCUT2D eigenvalue weighted by Gasteiger charge is -2.33. The molecule has 0 fully saturated rings. The van der Waals surface area contributed by atoms with Gasteiger partial charge in [-0.3, -0.25) is 0 Å². The van der Waals surface area contributed by atoms with Gasteiger partial charge in [0.05, 0.1) is 0 Å². The van der Waals surface area contributed by atoms with Crippen LogP contribution in [-0.2, 0) is 16.0 Å². The van der Waals surface area contributed by atoms with Gasteiger partial charge in [-0.25, -0.2) is 4.79 Å². The van der Waals surface area contributed by atoms with Gasteiger partial charge in [-0.1, -0.05) is 18.2 Å². The molecule has 2 atom stereocenters. The molecule has 1 aliphatic rings. The quantitative estimate of drug-likeness (QED) is 0.199. The molecule has 0 aromatic heterocycles. The first-order valence-corrected chi connectivity index (χ1v) is 9.86. The van der Waals surface area contributed by atoms with Gasteiger partial charge >= 0.3 is 5.97 Å². The molecule has 0 spiro atoms. The number of hydrogen-bond acceptors (Lipinski definition) is 9. The van der Waals surface area contributed by atoms with Gasteiger partial charge in [-0.05, 0) is 24.3 Å². The highest BCUT2D eigenvalue weighted by Crippen LogP contribution is 2.45. The first-order chi connectivity index (χ1) is 15.7. The summed E-state index contributed by atoms with van der Waals surface area (Å²) in [6, 6.07) is 11.1. The van der Waals surface area contributed by atoms with Crippen molar-refractivity contribution in [2.75, 3.05) is 0 Å². The average Bonchev–Trinajstić information content (AvgIpc) is 2.76. The Morgan fingerprint density at radius 3 is 2.30 bits per heavy atom. The molecule has 1 heterocycles. The number of esters is 1. The van der Waals surface area contributed by atoms with Crippen LogP contribution in [0.25, 0.3) is 6.08 Å². The van der Waals surface area contributed by atoms with Crippen molar-refractivity contribution in [2.24, 2.45) is 0 Å². The van der Waals surface area contributed by atoms with E-state index in [-0.39, 0.29) is 35.0 Å². The second-order valence-corrected chi connectivity index (χ2v) is 7.46. The highest BCUT2D eigenvalue weighted by atomic mass is 16.6. The molecule has 0 aliphatic carbocycles. The molecule has 0 saturated heterocycles. The van der Waals surface area contributed by atoms with Gasteiger partial charge in [0.25, 0.3) is 0 Å². The van der Waals surface area contributed by atoms with Gasteiger partial charge in [0.2, 0.25) is 0 Å². The van der Waals surface area contributed by atoms with Crippen LogP contribution in [0.1, 0.15) is 22.8 Å². The fourth-order valence-electron chi connectivity index (χ4n) is 3.60. The standard InChI is InChI=1S/C24H20O9/c25-14-9-17(27)15-11-21(32-22(30)6-5-12-3-1-2-4-16(12)26)24(33-20(15)10-14)13-7-18(28)23(31)19(29)8-13/h1-10,21,24-29,31H,11H2/b6-5+/t21-,24-/m1/s1. The summed E-state index contributed by atoms with van der Waals surface area (Å²) in [6.45, 7) is 0. The maximum absolute atomic E-state index is 12.5. The number of rotatable bonds is 4. The van der Waals surface area contributed by atoms with E-state index in [4.69, 9.17) is 9.47 Å². The Morgan fingerprint density at radius 2 is 1.61 bits per heavy atom. The van der Waals surface area contributed by atoms with Crippen molar-refractivity contribution >= 4 is 12.0 Å². The summed E-state index contributed by atoms with van der Waals surface area (Å²) in [5, 5.41) is 59.3. The minimum atomic E-state index is -1.06. The van der Waals surface area contributed by atoms with Crippen LogP contribution in [0.2, 0.25) is 0 Å². The predicted molar refractivity (Wildman–Crippen MR) is 115 cm³/mol. The SMILES string of the molecule is O=C(/C=C/c1ccccc1O)O[C@@H]1Cc2c(O)cc(O)cc2O[C@@H]1c1cc(O)c(O)c(O)c1. The van der Waals surface area contributed by atoms with E-state index in [9.17, 15) is 35.4 Å². The van der Waals surface area contributed by atoms with Gasteiger partial charge in [-0.15, -0.1) is 0 Å². The molecule has 0 saturated carbocycles. The topological polar surface area (TPSA) is 157 Å². The van der Waals surface area contributed by atoms with E-state index in [0.717, 1.165) is 24.3 Å². The van der Waals surface area contributed by atoms with Crippen molar-refractivity contribution in [2.45, 2.75) is 18.6 Å². The van der Waals surface area contributed by atoms with E-state index < -0.39 is 35.4 Å². The number of hydrogen-bond donors (Lipinski definition) is 6. The van der Waals surface area contributed by atoms with Crippen LogP contribution in [0.5, 0.6) is 40.2 Å². The summed E-state index contributed by atoms with van der Waals surface area (Å²) in [6.07, 6.45) is 0.406. The molecule has 0 amide bonds. The van der Waals surface area contributed by atoms with Gasteiger partial charge < -0.3 is 40.1 Å². The second-order valence-electron chi connectivity index (χ2n) is 7.46. The van der Waals surface area contributed by atoms with Crippen molar-refractivity contribution < 1.29 is 44.9 Å². The van der Waals surface area contributed by atoms with Crippen molar-refractivity contribution in [3.05, 3.63) is 71.3 Å². The number of carbonyl (C=O) groups is 1. The van der Waals surface area contributed by atoms with E-state index in [1.54, 1.807) is 18.2 Å².